The lowest BCUT2D eigenvalue weighted by atomic mass is 9.99. The van der Waals surface area contributed by atoms with Crippen LogP contribution in [0.1, 0.15) is 11.1 Å². The normalized spacial score (nSPS) is 14.8. The molecule has 36 heavy (non-hydrogen) atoms. The van der Waals surface area contributed by atoms with E-state index in [2.05, 4.69) is 37.3 Å². The van der Waals surface area contributed by atoms with Gasteiger partial charge in [0.2, 0.25) is 5.95 Å². The van der Waals surface area contributed by atoms with E-state index in [1.54, 1.807) is 25.2 Å². The number of fused-ring (bicyclic) bond motifs is 1. The number of pyridine rings is 1. The lowest BCUT2D eigenvalue weighted by Gasteiger charge is -2.37. The molecule has 0 atom stereocenters. The summed E-state index contributed by atoms with van der Waals surface area (Å²) in [5.41, 5.74) is 7.28. The molecule has 4 aromatic rings. The van der Waals surface area contributed by atoms with Crippen LogP contribution in [0.3, 0.4) is 0 Å². The molecule has 3 heterocycles. The van der Waals surface area contributed by atoms with Gasteiger partial charge in [-0.15, -0.1) is 0 Å². The van der Waals surface area contributed by atoms with Gasteiger partial charge in [-0.3, -0.25) is 4.90 Å². The molecule has 0 spiro atoms. The fourth-order valence-corrected chi connectivity index (χ4v) is 4.65. The summed E-state index contributed by atoms with van der Waals surface area (Å²) in [7, 11) is 1.68. The van der Waals surface area contributed by atoms with Gasteiger partial charge in [-0.25, -0.2) is 4.98 Å². The van der Waals surface area contributed by atoms with Crippen LogP contribution in [-0.4, -0.2) is 53.1 Å². The molecular formula is C26H26F3N7. The average molecular weight is 494 g/mol. The number of nitrogen functional groups attached to an aromatic ring is 1. The number of nitrogens with one attached hydrogen (secondary N) is 1. The number of anilines is 3. The molecule has 1 fully saturated rings. The number of hydrogen-bond acceptors (Lipinski definition) is 7. The number of alkyl halides is 3. The molecule has 0 unspecified atom stereocenters. The Morgan fingerprint density at radius 1 is 0.889 bits per heavy atom. The van der Waals surface area contributed by atoms with Crippen LogP contribution in [0.2, 0.25) is 0 Å². The molecule has 1 aliphatic rings. The lowest BCUT2D eigenvalue weighted by molar-refractivity contribution is -0.137. The molecule has 10 heteroatoms. The van der Waals surface area contributed by atoms with Gasteiger partial charge in [0, 0.05) is 51.0 Å². The van der Waals surface area contributed by atoms with Crippen LogP contribution in [0.4, 0.5) is 30.6 Å². The van der Waals surface area contributed by atoms with Gasteiger partial charge in [0.05, 0.1) is 16.6 Å². The first-order valence-electron chi connectivity index (χ1n) is 11.7. The van der Waals surface area contributed by atoms with Crippen LogP contribution in [0, 0.1) is 0 Å². The van der Waals surface area contributed by atoms with E-state index in [9.17, 15) is 13.2 Å². The van der Waals surface area contributed by atoms with Gasteiger partial charge >= 0.3 is 6.18 Å². The van der Waals surface area contributed by atoms with Gasteiger partial charge in [-0.1, -0.05) is 36.4 Å². The minimum absolute atomic E-state index is 0.00429. The molecule has 1 aliphatic heterocycles. The zero-order valence-electron chi connectivity index (χ0n) is 19.8. The van der Waals surface area contributed by atoms with E-state index in [1.165, 1.54) is 11.6 Å². The maximum atomic E-state index is 14.2. The van der Waals surface area contributed by atoms with Gasteiger partial charge < -0.3 is 16.0 Å². The molecule has 1 saturated heterocycles. The van der Waals surface area contributed by atoms with Gasteiger partial charge in [-0.2, -0.15) is 23.1 Å². The Bertz CT molecular complexity index is 1370. The second-order valence-corrected chi connectivity index (χ2v) is 8.69. The molecule has 3 N–H and O–H groups in total. The first kappa shape index (κ1) is 23.8. The fraction of sp³-hybridized carbons (Fsp3) is 0.269. The van der Waals surface area contributed by atoms with Crippen molar-refractivity contribution in [3.8, 4) is 11.3 Å². The van der Waals surface area contributed by atoms with Crippen molar-refractivity contribution in [2.45, 2.75) is 12.7 Å². The fourth-order valence-electron chi connectivity index (χ4n) is 4.65. The number of benzene rings is 2. The number of nitrogens with zero attached hydrogens (tertiary/aromatic N) is 5. The first-order chi connectivity index (χ1) is 17.3. The number of hydrogen-bond donors (Lipinski definition) is 2. The van der Waals surface area contributed by atoms with Crippen molar-refractivity contribution >= 4 is 28.5 Å². The first-order valence-corrected chi connectivity index (χ1v) is 11.7. The monoisotopic (exact) mass is 493 g/mol. The summed E-state index contributed by atoms with van der Waals surface area (Å²) >= 11 is 0. The highest BCUT2D eigenvalue weighted by atomic mass is 19.4. The molecule has 0 aliphatic carbocycles. The van der Waals surface area contributed by atoms with Gasteiger partial charge in [-0.05, 0) is 29.8 Å². The smallest absolute Gasteiger partial charge is 0.372 e. The SMILES string of the molecule is CNc1nc(N)nc2nc(-c3c(N4CCN(Cc5ccccc5)CC4)cccc3C(F)(F)F)ccc12. The molecule has 2 aromatic heterocycles. The highest BCUT2D eigenvalue weighted by molar-refractivity contribution is 5.90. The maximum Gasteiger partial charge on any atom is 0.417 e. The summed E-state index contributed by atoms with van der Waals surface area (Å²) in [6.45, 7) is 3.50. The zero-order valence-corrected chi connectivity index (χ0v) is 19.8. The Kier molecular flexibility index (Phi) is 6.36. The molecule has 2 aromatic carbocycles. The van der Waals surface area contributed by atoms with Crippen LogP contribution < -0.4 is 16.0 Å². The van der Waals surface area contributed by atoms with Crippen LogP contribution in [0.15, 0.2) is 60.7 Å². The average Bonchev–Trinajstić information content (AvgIpc) is 2.88. The van der Waals surface area contributed by atoms with Crippen molar-refractivity contribution in [3.63, 3.8) is 0 Å². The summed E-state index contributed by atoms with van der Waals surface area (Å²) in [4.78, 5) is 17.1. The third-order valence-electron chi connectivity index (χ3n) is 6.38. The molecule has 186 valence electrons. The Balaban J connectivity index is 1.51. The summed E-state index contributed by atoms with van der Waals surface area (Å²) in [5, 5.41) is 3.51. The second kappa shape index (κ2) is 9.62. The number of aromatic nitrogens is 3. The summed E-state index contributed by atoms with van der Waals surface area (Å²) in [6, 6.07) is 17.7. The molecule has 0 bridgehead atoms. The number of nitrogens with two attached hydrogens (primary N) is 1. The van der Waals surface area contributed by atoms with Crippen LogP contribution >= 0.6 is 0 Å². The lowest BCUT2D eigenvalue weighted by Crippen LogP contribution is -2.46. The molecular weight excluding hydrogens is 467 g/mol. The van der Waals surface area contributed by atoms with E-state index in [1.807, 2.05) is 23.1 Å². The number of piperazine rings is 1. The van der Waals surface area contributed by atoms with Crippen LogP contribution in [-0.2, 0) is 12.7 Å². The number of halogens is 3. The van der Waals surface area contributed by atoms with E-state index in [0.717, 1.165) is 25.7 Å². The van der Waals surface area contributed by atoms with E-state index >= 15 is 0 Å². The van der Waals surface area contributed by atoms with Gasteiger partial charge in [0.1, 0.15) is 5.82 Å². The molecule has 0 amide bonds. The third kappa shape index (κ3) is 4.76. The molecule has 0 saturated carbocycles. The quantitative estimate of drug-likeness (QED) is 0.419. The molecule has 7 nitrogen and oxygen atoms in total. The maximum absolute atomic E-state index is 14.2. The van der Waals surface area contributed by atoms with Crippen molar-refractivity contribution in [1.29, 1.82) is 0 Å². The highest BCUT2D eigenvalue weighted by Gasteiger charge is 2.36. The predicted molar refractivity (Wildman–Crippen MR) is 136 cm³/mol. The van der Waals surface area contributed by atoms with Gasteiger partial charge in [0.25, 0.3) is 0 Å². The van der Waals surface area contributed by atoms with Crippen LogP contribution in [0.25, 0.3) is 22.3 Å². The van der Waals surface area contributed by atoms with Crippen LogP contribution in [0.5, 0.6) is 0 Å². The highest BCUT2D eigenvalue weighted by Crippen LogP contribution is 2.42. The molecule has 0 radical (unpaired) electrons. The minimum Gasteiger partial charge on any atom is -0.372 e. The standard InChI is InChI=1S/C26H26F3N7/c1-31-23-18-10-11-20(32-24(18)34-25(30)33-23)22-19(26(27,28)29)8-5-9-21(22)36-14-12-35(13-15-36)16-17-6-3-2-4-7-17/h2-11H,12-16H2,1H3,(H3,30,31,32,33,34). The van der Waals surface area contributed by atoms with E-state index in [0.29, 0.717) is 30.0 Å². The van der Waals surface area contributed by atoms with E-state index in [4.69, 9.17) is 5.73 Å². The summed E-state index contributed by atoms with van der Waals surface area (Å²) in [6.07, 6.45) is -4.54. The second-order valence-electron chi connectivity index (χ2n) is 8.69. The Hall–Kier alpha value is -3.92. The summed E-state index contributed by atoms with van der Waals surface area (Å²) < 4.78 is 42.5. The Morgan fingerprint density at radius 2 is 1.64 bits per heavy atom. The van der Waals surface area contributed by atoms with Crippen molar-refractivity contribution < 1.29 is 13.2 Å². The number of rotatable bonds is 5. The van der Waals surface area contributed by atoms with Crippen molar-refractivity contribution in [3.05, 3.63) is 71.8 Å². The third-order valence-corrected chi connectivity index (χ3v) is 6.38. The zero-order chi connectivity index (χ0) is 25.3. The minimum atomic E-state index is -4.54. The van der Waals surface area contributed by atoms with Gasteiger partial charge in [0.15, 0.2) is 5.65 Å². The Labute approximate surface area is 206 Å². The largest absolute Gasteiger partial charge is 0.417 e. The molecule has 5 rings (SSSR count). The topological polar surface area (TPSA) is 83.2 Å². The van der Waals surface area contributed by atoms with E-state index in [-0.39, 0.29) is 22.9 Å². The van der Waals surface area contributed by atoms with E-state index < -0.39 is 11.7 Å². The summed E-state index contributed by atoms with van der Waals surface area (Å²) in [5.74, 6) is 0.464. The van der Waals surface area contributed by atoms with Crippen molar-refractivity contribution in [1.82, 2.24) is 19.9 Å². The Morgan fingerprint density at radius 3 is 2.33 bits per heavy atom. The van der Waals surface area contributed by atoms with Crippen molar-refractivity contribution in [2.24, 2.45) is 0 Å². The predicted octanol–water partition coefficient (Wildman–Crippen LogP) is 4.66. The van der Waals surface area contributed by atoms with Crippen molar-refractivity contribution in [2.75, 3.05) is 49.2 Å².